The third-order valence-electron chi connectivity index (χ3n) is 4.16. The molecule has 0 saturated heterocycles. The number of nitrogen functional groups attached to an aromatic ring is 1. The van der Waals surface area contributed by atoms with E-state index in [2.05, 4.69) is 28.9 Å². The summed E-state index contributed by atoms with van der Waals surface area (Å²) < 4.78 is 4.12. The van der Waals surface area contributed by atoms with E-state index in [4.69, 9.17) is 5.73 Å². The Hall–Kier alpha value is -1.30. The van der Waals surface area contributed by atoms with Crippen molar-refractivity contribution in [2.45, 2.75) is 45.6 Å². The number of rotatable bonds is 4. The van der Waals surface area contributed by atoms with E-state index in [1.54, 1.807) is 7.05 Å². The fraction of sp³-hybridized carbons (Fsp3) is 0.714. The van der Waals surface area contributed by atoms with Crippen molar-refractivity contribution in [2.75, 3.05) is 18.1 Å². The van der Waals surface area contributed by atoms with Gasteiger partial charge in [-0.3, -0.25) is 4.79 Å². The van der Waals surface area contributed by atoms with Crippen LogP contribution in [0.1, 0.15) is 49.9 Å². The van der Waals surface area contributed by atoms with E-state index in [1.165, 1.54) is 30.8 Å². The van der Waals surface area contributed by atoms with Crippen LogP contribution in [0.5, 0.6) is 0 Å². The molecule has 0 aromatic carbocycles. The molecule has 1 aliphatic rings. The van der Waals surface area contributed by atoms with Gasteiger partial charge >= 0.3 is 0 Å². The van der Waals surface area contributed by atoms with Gasteiger partial charge in [-0.05, 0) is 36.2 Å². The fourth-order valence-electron chi connectivity index (χ4n) is 3.05. The lowest BCUT2D eigenvalue weighted by atomic mass is 9.78. The largest absolute Gasteiger partial charge is 0.382 e. The van der Waals surface area contributed by atoms with Crippen molar-refractivity contribution < 1.29 is 4.79 Å². The first kappa shape index (κ1) is 15.1. The van der Waals surface area contributed by atoms with Crippen molar-refractivity contribution in [1.82, 2.24) is 9.69 Å². The van der Waals surface area contributed by atoms with Crippen molar-refractivity contribution in [3.8, 4) is 0 Å². The van der Waals surface area contributed by atoms with Crippen LogP contribution in [0.2, 0.25) is 0 Å². The second kappa shape index (κ2) is 6.43. The minimum atomic E-state index is -0.171. The number of carbonyl (C=O) groups excluding carboxylic acids is 1. The highest BCUT2D eigenvalue weighted by atomic mass is 32.1. The Morgan fingerprint density at radius 2 is 2.10 bits per heavy atom. The third-order valence-corrected chi connectivity index (χ3v) is 4.96. The SMILES string of the molecule is CNC(=O)c1c(N)nsc1NC1CCCCC1C(C)C. The summed E-state index contributed by atoms with van der Waals surface area (Å²) in [4.78, 5) is 11.9. The third kappa shape index (κ3) is 3.06. The lowest BCUT2D eigenvalue weighted by Crippen LogP contribution is -2.35. The predicted molar refractivity (Wildman–Crippen MR) is 84.1 cm³/mol. The Bertz CT molecular complexity index is 472. The van der Waals surface area contributed by atoms with Crippen molar-refractivity contribution in [2.24, 2.45) is 11.8 Å². The zero-order chi connectivity index (χ0) is 14.7. The molecule has 1 saturated carbocycles. The Morgan fingerprint density at radius 3 is 2.75 bits per heavy atom. The number of aromatic nitrogens is 1. The lowest BCUT2D eigenvalue weighted by Gasteiger charge is -2.35. The summed E-state index contributed by atoms with van der Waals surface area (Å²) >= 11 is 1.28. The molecule has 0 spiro atoms. The molecule has 1 fully saturated rings. The van der Waals surface area contributed by atoms with Gasteiger partial charge in [-0.25, -0.2) is 0 Å². The van der Waals surface area contributed by atoms with E-state index in [9.17, 15) is 4.79 Å². The number of nitrogens with one attached hydrogen (secondary N) is 2. The smallest absolute Gasteiger partial charge is 0.257 e. The molecule has 20 heavy (non-hydrogen) atoms. The van der Waals surface area contributed by atoms with Gasteiger partial charge in [0, 0.05) is 13.1 Å². The minimum absolute atomic E-state index is 0.171. The number of hydrogen-bond donors (Lipinski definition) is 3. The topological polar surface area (TPSA) is 80.0 Å². The van der Waals surface area contributed by atoms with Crippen LogP contribution in [0.15, 0.2) is 0 Å². The molecule has 1 heterocycles. The Kier molecular flexibility index (Phi) is 4.86. The van der Waals surface area contributed by atoms with Crippen LogP contribution in [-0.4, -0.2) is 23.4 Å². The van der Waals surface area contributed by atoms with E-state index < -0.39 is 0 Å². The quantitative estimate of drug-likeness (QED) is 0.798. The van der Waals surface area contributed by atoms with Crippen molar-refractivity contribution >= 4 is 28.3 Å². The average Bonchev–Trinajstić information content (AvgIpc) is 2.79. The number of hydrogen-bond acceptors (Lipinski definition) is 5. The number of nitrogens with two attached hydrogens (primary N) is 1. The molecule has 1 aromatic heterocycles. The Morgan fingerprint density at radius 1 is 1.40 bits per heavy atom. The van der Waals surface area contributed by atoms with E-state index in [0.717, 1.165) is 11.4 Å². The summed E-state index contributed by atoms with van der Waals surface area (Å²) in [5, 5.41) is 6.96. The minimum Gasteiger partial charge on any atom is -0.382 e. The average molecular weight is 296 g/mol. The summed E-state index contributed by atoms with van der Waals surface area (Å²) in [6.07, 6.45) is 4.94. The molecular formula is C14H24N4OS. The molecule has 5 nitrogen and oxygen atoms in total. The molecular weight excluding hydrogens is 272 g/mol. The van der Waals surface area contributed by atoms with E-state index in [0.29, 0.717) is 29.3 Å². The standard InChI is InChI=1S/C14H24N4OS/c1-8(2)9-6-4-5-7-10(9)17-14-11(13(19)16-3)12(15)18-20-14/h8-10,17H,4-7H2,1-3H3,(H2,15,18)(H,16,19). The second-order valence-electron chi connectivity index (χ2n) is 5.79. The molecule has 1 amide bonds. The van der Waals surface area contributed by atoms with Gasteiger partial charge in [0.15, 0.2) is 5.82 Å². The first-order chi connectivity index (χ1) is 9.54. The molecule has 1 aromatic rings. The number of amides is 1. The first-order valence-corrected chi connectivity index (χ1v) is 8.05. The molecule has 0 aliphatic heterocycles. The van der Waals surface area contributed by atoms with Crippen LogP contribution in [0.3, 0.4) is 0 Å². The first-order valence-electron chi connectivity index (χ1n) is 7.28. The van der Waals surface area contributed by atoms with Gasteiger partial charge in [0.05, 0.1) is 0 Å². The van der Waals surface area contributed by atoms with E-state index in [-0.39, 0.29) is 5.91 Å². The van der Waals surface area contributed by atoms with Crippen molar-refractivity contribution in [3.05, 3.63) is 5.56 Å². The van der Waals surface area contributed by atoms with Gasteiger partial charge < -0.3 is 16.4 Å². The maximum absolute atomic E-state index is 11.9. The summed E-state index contributed by atoms with van der Waals surface area (Å²) in [5.74, 6) is 1.43. The zero-order valence-corrected chi connectivity index (χ0v) is 13.2. The highest BCUT2D eigenvalue weighted by molar-refractivity contribution is 7.11. The molecule has 0 bridgehead atoms. The molecule has 4 N–H and O–H groups in total. The van der Waals surface area contributed by atoms with Gasteiger partial charge in [-0.15, -0.1) is 0 Å². The van der Waals surface area contributed by atoms with Crippen LogP contribution in [0.25, 0.3) is 0 Å². The van der Waals surface area contributed by atoms with Gasteiger partial charge in [-0.2, -0.15) is 4.37 Å². The zero-order valence-electron chi connectivity index (χ0n) is 12.4. The second-order valence-corrected chi connectivity index (χ2v) is 6.57. The van der Waals surface area contributed by atoms with Gasteiger partial charge in [0.25, 0.3) is 5.91 Å². The van der Waals surface area contributed by atoms with Crippen LogP contribution >= 0.6 is 11.5 Å². The maximum Gasteiger partial charge on any atom is 0.257 e. The molecule has 2 rings (SSSR count). The van der Waals surface area contributed by atoms with Crippen LogP contribution < -0.4 is 16.4 Å². The van der Waals surface area contributed by atoms with Crippen LogP contribution in [-0.2, 0) is 0 Å². The van der Waals surface area contributed by atoms with Gasteiger partial charge in [0.1, 0.15) is 10.6 Å². The summed E-state index contributed by atoms with van der Waals surface area (Å²) in [5.41, 5.74) is 6.31. The van der Waals surface area contributed by atoms with Crippen molar-refractivity contribution in [1.29, 1.82) is 0 Å². The summed E-state index contributed by atoms with van der Waals surface area (Å²) in [6, 6.07) is 0.409. The molecule has 1 aliphatic carbocycles. The highest BCUT2D eigenvalue weighted by Crippen LogP contribution is 2.35. The Balaban J connectivity index is 2.18. The van der Waals surface area contributed by atoms with E-state index >= 15 is 0 Å². The molecule has 2 atom stereocenters. The van der Waals surface area contributed by atoms with Gasteiger partial charge in [-0.1, -0.05) is 26.7 Å². The Labute approximate surface area is 124 Å². The van der Waals surface area contributed by atoms with Crippen molar-refractivity contribution in [3.63, 3.8) is 0 Å². The number of carbonyl (C=O) groups is 1. The molecule has 2 unspecified atom stereocenters. The lowest BCUT2D eigenvalue weighted by molar-refractivity contribution is 0.0965. The molecule has 112 valence electrons. The van der Waals surface area contributed by atoms with Crippen LogP contribution in [0.4, 0.5) is 10.8 Å². The van der Waals surface area contributed by atoms with Crippen LogP contribution in [0, 0.1) is 11.8 Å². The predicted octanol–water partition coefficient (Wildman–Crippen LogP) is 2.71. The summed E-state index contributed by atoms with van der Waals surface area (Å²) in [7, 11) is 1.61. The highest BCUT2D eigenvalue weighted by Gasteiger charge is 2.29. The normalized spacial score (nSPS) is 22.8. The monoisotopic (exact) mass is 296 g/mol. The fourth-order valence-corrected chi connectivity index (χ4v) is 3.82. The maximum atomic E-state index is 11.9. The number of nitrogens with zero attached hydrogens (tertiary/aromatic N) is 1. The number of anilines is 2. The van der Waals surface area contributed by atoms with E-state index in [1.807, 2.05) is 0 Å². The molecule has 0 radical (unpaired) electrons. The molecule has 6 heteroatoms. The summed E-state index contributed by atoms with van der Waals surface area (Å²) in [6.45, 7) is 4.54. The van der Waals surface area contributed by atoms with Gasteiger partial charge in [0.2, 0.25) is 0 Å².